The summed E-state index contributed by atoms with van der Waals surface area (Å²) in [5, 5.41) is 18.9. The quantitative estimate of drug-likeness (QED) is 0.444. The highest BCUT2D eigenvalue weighted by atomic mass is 16.6. The Bertz CT molecular complexity index is 248. The molecule has 0 aliphatic carbocycles. The number of hydrogen-bond acceptors (Lipinski definition) is 6. The molecular weight excluding hydrogens is 200 g/mol. The van der Waals surface area contributed by atoms with Crippen molar-refractivity contribution in [3.05, 3.63) is 22.1 Å². The number of nitrogens with zero attached hydrogens (tertiary/aromatic N) is 3. The molecule has 0 saturated carbocycles. The second-order valence-electron chi connectivity index (χ2n) is 3.39. The van der Waals surface area contributed by atoms with Crippen molar-refractivity contribution < 1.29 is 10.0 Å². The molecule has 0 aromatic rings. The Kier molecular flexibility index (Phi) is 4.32. The van der Waals surface area contributed by atoms with Crippen LogP contribution in [0.25, 0.3) is 0 Å². The summed E-state index contributed by atoms with van der Waals surface area (Å²) in [6.45, 7) is 3.65. The molecular formula is C8H16N4O3. The summed E-state index contributed by atoms with van der Waals surface area (Å²) in [4.78, 5) is 13.5. The monoisotopic (exact) mass is 216 g/mol. The van der Waals surface area contributed by atoms with E-state index in [0.717, 1.165) is 19.3 Å². The van der Waals surface area contributed by atoms with Crippen molar-refractivity contribution in [1.82, 2.24) is 9.80 Å². The second-order valence-corrected chi connectivity index (χ2v) is 3.39. The van der Waals surface area contributed by atoms with Crippen molar-refractivity contribution in [3.63, 3.8) is 0 Å². The van der Waals surface area contributed by atoms with Crippen LogP contribution in [0.5, 0.6) is 0 Å². The molecule has 1 fully saturated rings. The van der Waals surface area contributed by atoms with Gasteiger partial charge in [0.25, 0.3) is 6.20 Å². The molecule has 0 aromatic carbocycles. The molecule has 1 rings (SSSR count). The van der Waals surface area contributed by atoms with Crippen LogP contribution in [0.3, 0.4) is 0 Å². The number of hydrogen-bond donors (Lipinski definition) is 2. The summed E-state index contributed by atoms with van der Waals surface area (Å²) in [5.74, 6) is 0.198. The van der Waals surface area contributed by atoms with Gasteiger partial charge >= 0.3 is 0 Å². The smallest absolute Gasteiger partial charge is 0.274 e. The molecule has 1 saturated heterocycles. The minimum Gasteiger partial charge on any atom is -0.395 e. The Labute approximate surface area is 87.9 Å². The molecule has 7 heteroatoms. The van der Waals surface area contributed by atoms with Crippen molar-refractivity contribution >= 4 is 0 Å². The van der Waals surface area contributed by atoms with Gasteiger partial charge in [-0.1, -0.05) is 0 Å². The van der Waals surface area contributed by atoms with E-state index in [4.69, 9.17) is 10.8 Å². The van der Waals surface area contributed by atoms with E-state index in [1.165, 1.54) is 0 Å². The van der Waals surface area contributed by atoms with Gasteiger partial charge < -0.3 is 15.7 Å². The van der Waals surface area contributed by atoms with E-state index in [2.05, 4.69) is 4.90 Å². The SMILES string of the molecule is N/C(=C\[N+](=O)[O-])N1CCN(CCO)CC1. The lowest BCUT2D eigenvalue weighted by atomic mass is 10.3. The third kappa shape index (κ3) is 3.72. The molecule has 1 aliphatic rings. The topological polar surface area (TPSA) is 95.9 Å². The zero-order valence-corrected chi connectivity index (χ0v) is 8.50. The molecule has 0 spiro atoms. The summed E-state index contributed by atoms with van der Waals surface area (Å²) in [7, 11) is 0. The Morgan fingerprint density at radius 1 is 1.47 bits per heavy atom. The van der Waals surface area contributed by atoms with Crippen molar-refractivity contribution in [3.8, 4) is 0 Å². The lowest BCUT2D eigenvalue weighted by Gasteiger charge is -2.34. The maximum absolute atomic E-state index is 10.2. The molecule has 1 aliphatic heterocycles. The fourth-order valence-electron chi connectivity index (χ4n) is 1.56. The Hall–Kier alpha value is -1.34. The number of rotatable bonds is 4. The maximum Gasteiger partial charge on any atom is 0.274 e. The molecule has 86 valence electrons. The third-order valence-corrected chi connectivity index (χ3v) is 2.39. The van der Waals surface area contributed by atoms with Crippen molar-refractivity contribution in [1.29, 1.82) is 0 Å². The molecule has 15 heavy (non-hydrogen) atoms. The molecule has 0 bridgehead atoms. The average molecular weight is 216 g/mol. The Morgan fingerprint density at radius 2 is 2.07 bits per heavy atom. The van der Waals surface area contributed by atoms with Gasteiger partial charge in [0, 0.05) is 32.7 Å². The van der Waals surface area contributed by atoms with E-state index in [1.54, 1.807) is 4.90 Å². The molecule has 0 aromatic heterocycles. The van der Waals surface area contributed by atoms with Crippen LogP contribution in [0.2, 0.25) is 0 Å². The lowest BCUT2D eigenvalue weighted by molar-refractivity contribution is -0.404. The van der Waals surface area contributed by atoms with Gasteiger partial charge in [-0.05, 0) is 0 Å². The van der Waals surface area contributed by atoms with Gasteiger partial charge in [0.15, 0.2) is 5.82 Å². The number of aliphatic hydroxyl groups is 1. The van der Waals surface area contributed by atoms with Gasteiger partial charge in [-0.15, -0.1) is 0 Å². The van der Waals surface area contributed by atoms with Gasteiger partial charge in [-0.3, -0.25) is 15.0 Å². The van der Waals surface area contributed by atoms with E-state index in [0.29, 0.717) is 19.6 Å². The van der Waals surface area contributed by atoms with E-state index < -0.39 is 4.92 Å². The summed E-state index contributed by atoms with van der Waals surface area (Å²) >= 11 is 0. The van der Waals surface area contributed by atoms with Crippen molar-refractivity contribution in [2.75, 3.05) is 39.3 Å². The number of β-amino-alcohol motifs (C(OH)–C–C–N with tert-alkyl or cyclic N) is 1. The molecule has 7 nitrogen and oxygen atoms in total. The first-order chi connectivity index (χ1) is 7.13. The van der Waals surface area contributed by atoms with E-state index in [1.807, 2.05) is 0 Å². The van der Waals surface area contributed by atoms with Crippen molar-refractivity contribution in [2.45, 2.75) is 0 Å². The average Bonchev–Trinajstić information content (AvgIpc) is 2.18. The van der Waals surface area contributed by atoms with Crippen LogP contribution in [-0.4, -0.2) is 59.2 Å². The van der Waals surface area contributed by atoms with E-state index >= 15 is 0 Å². The number of nitro groups is 1. The normalized spacial score (nSPS) is 19.3. The van der Waals surface area contributed by atoms with Crippen LogP contribution in [0.15, 0.2) is 12.0 Å². The van der Waals surface area contributed by atoms with Crippen LogP contribution in [-0.2, 0) is 0 Å². The van der Waals surface area contributed by atoms with Crippen LogP contribution >= 0.6 is 0 Å². The standard InChI is InChI=1S/C8H16N4O3/c9-8(7-12(14)15)11-3-1-10(2-4-11)5-6-13/h7,13H,1-6,9H2/b8-7+. The zero-order valence-electron chi connectivity index (χ0n) is 8.50. The summed E-state index contributed by atoms with van der Waals surface area (Å²) in [6.07, 6.45) is 0.821. The molecule has 0 unspecified atom stereocenters. The number of nitrogens with two attached hydrogens (primary N) is 1. The Balaban J connectivity index is 2.40. The summed E-state index contributed by atoms with van der Waals surface area (Å²) in [5.41, 5.74) is 5.55. The molecule has 0 amide bonds. The highest BCUT2D eigenvalue weighted by Gasteiger charge is 2.18. The lowest BCUT2D eigenvalue weighted by Crippen LogP contribution is -2.47. The van der Waals surface area contributed by atoms with Gasteiger partial charge in [-0.2, -0.15) is 0 Å². The van der Waals surface area contributed by atoms with Gasteiger partial charge in [-0.25, -0.2) is 0 Å². The summed E-state index contributed by atoms with van der Waals surface area (Å²) < 4.78 is 0. The van der Waals surface area contributed by atoms with Crippen molar-refractivity contribution in [2.24, 2.45) is 5.73 Å². The number of aliphatic hydroxyl groups excluding tert-OH is 1. The highest BCUT2D eigenvalue weighted by molar-refractivity contribution is 4.93. The van der Waals surface area contributed by atoms with Crippen LogP contribution in [0, 0.1) is 10.1 Å². The van der Waals surface area contributed by atoms with Crippen LogP contribution < -0.4 is 5.73 Å². The second kappa shape index (κ2) is 5.52. The first kappa shape index (κ1) is 11.7. The third-order valence-electron chi connectivity index (χ3n) is 2.39. The highest BCUT2D eigenvalue weighted by Crippen LogP contribution is 2.05. The minimum absolute atomic E-state index is 0.139. The van der Waals surface area contributed by atoms with E-state index in [-0.39, 0.29) is 12.4 Å². The Morgan fingerprint density at radius 3 is 2.53 bits per heavy atom. The molecule has 0 atom stereocenters. The largest absolute Gasteiger partial charge is 0.395 e. The fourth-order valence-corrected chi connectivity index (χ4v) is 1.56. The first-order valence-electron chi connectivity index (χ1n) is 4.82. The number of piperazine rings is 1. The van der Waals surface area contributed by atoms with Gasteiger partial charge in [0.05, 0.1) is 11.5 Å². The maximum atomic E-state index is 10.2. The molecule has 3 N–H and O–H groups in total. The minimum atomic E-state index is -0.546. The van der Waals surface area contributed by atoms with Gasteiger partial charge in [0.2, 0.25) is 0 Å². The fraction of sp³-hybridized carbons (Fsp3) is 0.750. The predicted octanol–water partition coefficient (Wildman–Crippen LogP) is -1.37. The first-order valence-corrected chi connectivity index (χ1v) is 4.82. The van der Waals surface area contributed by atoms with Crippen LogP contribution in [0.4, 0.5) is 0 Å². The predicted molar refractivity (Wildman–Crippen MR) is 54.4 cm³/mol. The van der Waals surface area contributed by atoms with Crippen LogP contribution in [0.1, 0.15) is 0 Å². The molecule has 1 heterocycles. The molecule has 0 radical (unpaired) electrons. The van der Waals surface area contributed by atoms with Gasteiger partial charge in [0.1, 0.15) is 0 Å². The zero-order chi connectivity index (χ0) is 11.3. The van der Waals surface area contributed by atoms with E-state index in [9.17, 15) is 10.1 Å². The summed E-state index contributed by atoms with van der Waals surface area (Å²) in [6, 6.07) is 0.